The van der Waals surface area contributed by atoms with Gasteiger partial charge >= 0.3 is 0 Å². The van der Waals surface area contributed by atoms with E-state index in [0.29, 0.717) is 62.4 Å². The Kier molecular flexibility index (Phi) is 8.43. The molecule has 1 atom stereocenters. The molecule has 4 rings (SSSR count). The van der Waals surface area contributed by atoms with Crippen LogP contribution in [0, 0.1) is 17.1 Å². The van der Waals surface area contributed by atoms with Crippen LogP contribution in [0.1, 0.15) is 40.7 Å². The predicted octanol–water partition coefficient (Wildman–Crippen LogP) is 2.21. The molecule has 2 amide bonds. The Balaban J connectivity index is 1.54. The average Bonchev–Trinajstić information content (AvgIpc) is 3.56. The molecule has 1 aliphatic heterocycles. The van der Waals surface area contributed by atoms with Crippen molar-refractivity contribution in [2.45, 2.75) is 31.7 Å². The number of carbonyl (C=O) groups is 2. The van der Waals surface area contributed by atoms with Crippen LogP contribution in [-0.4, -0.2) is 64.1 Å². The van der Waals surface area contributed by atoms with Crippen LogP contribution in [0.2, 0.25) is 0 Å². The zero-order valence-electron chi connectivity index (χ0n) is 20.3. The minimum absolute atomic E-state index is 0.0605. The third-order valence-corrected chi connectivity index (χ3v) is 6.31. The van der Waals surface area contributed by atoms with Gasteiger partial charge in [0.15, 0.2) is 0 Å². The van der Waals surface area contributed by atoms with Gasteiger partial charge in [-0.2, -0.15) is 10.4 Å². The van der Waals surface area contributed by atoms with Crippen LogP contribution in [0.3, 0.4) is 0 Å². The quantitative estimate of drug-likeness (QED) is 0.312. The Bertz CT molecular complexity index is 1290. The van der Waals surface area contributed by atoms with E-state index in [1.54, 1.807) is 23.4 Å². The molecule has 3 heterocycles. The minimum atomic E-state index is -0.408. The van der Waals surface area contributed by atoms with Gasteiger partial charge in [-0.25, -0.2) is 9.37 Å². The lowest BCUT2D eigenvalue weighted by Gasteiger charge is -2.25. The molecule has 11 heteroatoms. The van der Waals surface area contributed by atoms with Gasteiger partial charge in [-0.15, -0.1) is 0 Å². The second-order valence-electron chi connectivity index (χ2n) is 8.82. The van der Waals surface area contributed by atoms with Crippen molar-refractivity contribution in [2.75, 3.05) is 31.5 Å². The summed E-state index contributed by atoms with van der Waals surface area (Å²) in [5.74, 6) is -0.367. The summed E-state index contributed by atoms with van der Waals surface area (Å²) in [6.07, 6.45) is 5.46. The Labute approximate surface area is 214 Å². The highest BCUT2D eigenvalue weighted by molar-refractivity contribution is 6.00. The molecule has 5 N–H and O–H groups in total. The van der Waals surface area contributed by atoms with Crippen LogP contribution in [0.4, 0.5) is 10.2 Å². The number of pyridine rings is 1. The van der Waals surface area contributed by atoms with Gasteiger partial charge in [0, 0.05) is 43.9 Å². The number of likely N-dealkylation sites (tertiary alicyclic amines) is 1. The fourth-order valence-electron chi connectivity index (χ4n) is 4.40. The smallest absolute Gasteiger partial charge is 0.255 e. The summed E-state index contributed by atoms with van der Waals surface area (Å²) in [5.41, 5.74) is 7.82. The number of rotatable bonds is 11. The highest BCUT2D eigenvalue weighted by Crippen LogP contribution is 2.26. The first-order valence-electron chi connectivity index (χ1n) is 12.2. The molecule has 37 heavy (non-hydrogen) atoms. The molecule has 1 fully saturated rings. The number of hydrogen-bond acceptors (Lipinski definition) is 7. The molecule has 192 valence electrons. The molecule has 2 aromatic heterocycles. The summed E-state index contributed by atoms with van der Waals surface area (Å²) >= 11 is 0. The van der Waals surface area contributed by atoms with Crippen molar-refractivity contribution in [1.29, 1.82) is 5.26 Å². The molecule has 1 saturated heterocycles. The number of anilines is 1. The molecule has 3 aromatic rings. The van der Waals surface area contributed by atoms with E-state index in [-0.39, 0.29) is 35.4 Å². The second-order valence-corrected chi connectivity index (χ2v) is 8.82. The summed E-state index contributed by atoms with van der Waals surface area (Å²) in [7, 11) is 0. The van der Waals surface area contributed by atoms with Gasteiger partial charge in [0.1, 0.15) is 17.7 Å². The van der Waals surface area contributed by atoms with Gasteiger partial charge in [0.05, 0.1) is 23.0 Å². The lowest BCUT2D eigenvalue weighted by Crippen LogP contribution is -2.42. The zero-order chi connectivity index (χ0) is 26.2. The Hall–Kier alpha value is -4.30. The van der Waals surface area contributed by atoms with Crippen molar-refractivity contribution in [3.63, 3.8) is 0 Å². The van der Waals surface area contributed by atoms with Crippen LogP contribution >= 0.6 is 0 Å². The number of H-pyrrole nitrogens is 1. The number of carbonyl (C=O) groups excluding carboxylic acids is 2. The molecule has 1 aliphatic rings. The number of aromatic amines is 1. The van der Waals surface area contributed by atoms with Crippen LogP contribution < -0.4 is 16.4 Å². The van der Waals surface area contributed by atoms with Gasteiger partial charge in [-0.05, 0) is 49.6 Å². The molecular weight excluding hydrogens is 475 g/mol. The number of hydrogen-bond donors (Lipinski definition) is 4. The van der Waals surface area contributed by atoms with E-state index in [4.69, 9.17) is 5.73 Å². The highest BCUT2D eigenvalue weighted by atomic mass is 19.1. The number of nitriles is 1. The van der Waals surface area contributed by atoms with Crippen LogP contribution in [0.5, 0.6) is 0 Å². The second kappa shape index (κ2) is 12.1. The molecule has 0 radical (unpaired) electrons. The first kappa shape index (κ1) is 25.8. The van der Waals surface area contributed by atoms with Crippen molar-refractivity contribution < 1.29 is 14.0 Å². The van der Waals surface area contributed by atoms with Crippen LogP contribution in [0.15, 0.2) is 42.7 Å². The first-order valence-corrected chi connectivity index (χ1v) is 12.2. The fraction of sp³-hybridized carbons (Fsp3) is 0.346. The Morgan fingerprint density at radius 1 is 1.35 bits per heavy atom. The van der Waals surface area contributed by atoms with Crippen molar-refractivity contribution >= 4 is 17.6 Å². The van der Waals surface area contributed by atoms with E-state index >= 15 is 0 Å². The predicted molar refractivity (Wildman–Crippen MR) is 136 cm³/mol. The first-order chi connectivity index (χ1) is 18.0. The maximum Gasteiger partial charge on any atom is 0.255 e. The van der Waals surface area contributed by atoms with Crippen molar-refractivity contribution in [1.82, 2.24) is 25.4 Å². The normalized spacial score (nSPS) is 15.0. The topological polar surface area (TPSA) is 153 Å². The third-order valence-electron chi connectivity index (χ3n) is 6.31. The molecule has 0 spiro atoms. The number of halogens is 1. The number of nitrogens with zero attached hydrogens (tertiary/aromatic N) is 4. The molecule has 1 aromatic carbocycles. The Morgan fingerprint density at radius 3 is 2.95 bits per heavy atom. The van der Waals surface area contributed by atoms with Gasteiger partial charge in [0.25, 0.3) is 5.91 Å². The van der Waals surface area contributed by atoms with Gasteiger partial charge in [-0.1, -0.05) is 12.1 Å². The SMILES string of the molecule is N#Cc1cc(C(=O)NC[C@H]2CCC(=O)N2CCCN)c(NCCc2cccc(F)c2)nc1-c1cn[nH]c1. The van der Waals surface area contributed by atoms with E-state index in [2.05, 4.69) is 31.9 Å². The van der Waals surface area contributed by atoms with E-state index < -0.39 is 5.91 Å². The summed E-state index contributed by atoms with van der Waals surface area (Å²) < 4.78 is 13.6. The molecule has 0 saturated carbocycles. The maximum atomic E-state index is 13.6. The molecule has 0 unspecified atom stereocenters. The van der Waals surface area contributed by atoms with E-state index in [9.17, 15) is 19.2 Å². The lowest BCUT2D eigenvalue weighted by atomic mass is 10.1. The molecule has 0 aliphatic carbocycles. The monoisotopic (exact) mass is 504 g/mol. The average molecular weight is 505 g/mol. The minimum Gasteiger partial charge on any atom is -0.369 e. The number of aromatic nitrogens is 3. The number of nitrogens with two attached hydrogens (primary N) is 1. The third kappa shape index (κ3) is 6.29. The van der Waals surface area contributed by atoms with Gasteiger partial charge < -0.3 is 21.3 Å². The summed E-state index contributed by atoms with van der Waals surface area (Å²) in [6, 6.07) is 9.80. The van der Waals surface area contributed by atoms with Crippen LogP contribution in [-0.2, 0) is 11.2 Å². The summed E-state index contributed by atoms with van der Waals surface area (Å²) in [5, 5.41) is 22.5. The van der Waals surface area contributed by atoms with Gasteiger partial charge in [-0.3, -0.25) is 14.7 Å². The van der Waals surface area contributed by atoms with Crippen molar-refractivity contribution in [3.05, 3.63) is 65.2 Å². The number of nitrogens with one attached hydrogen (secondary N) is 3. The molecular formula is C26H29FN8O2. The van der Waals surface area contributed by atoms with E-state index in [0.717, 1.165) is 5.56 Å². The van der Waals surface area contributed by atoms with Crippen molar-refractivity contribution in [2.24, 2.45) is 5.73 Å². The number of amides is 2. The molecule has 10 nitrogen and oxygen atoms in total. The summed E-state index contributed by atoms with van der Waals surface area (Å²) in [4.78, 5) is 31.9. The van der Waals surface area contributed by atoms with Gasteiger partial charge in [0.2, 0.25) is 5.91 Å². The maximum absolute atomic E-state index is 13.6. The fourth-order valence-corrected chi connectivity index (χ4v) is 4.40. The standard InChI is InChI=1S/C26H29FN8O2/c27-20-4-1-3-17(11-20)7-9-30-25-22(12-18(13-29)24(34-25)19-14-32-33-15-19)26(37)31-16-21-5-6-23(36)35(21)10-2-8-28/h1,3-4,11-12,14-15,21H,2,5-10,16,28H2,(H,30,34)(H,31,37)(H,32,33)/t21-/m1/s1. The number of benzene rings is 1. The zero-order valence-corrected chi connectivity index (χ0v) is 20.3. The summed E-state index contributed by atoms with van der Waals surface area (Å²) in [6.45, 7) is 1.71. The Morgan fingerprint density at radius 2 is 2.22 bits per heavy atom. The highest BCUT2D eigenvalue weighted by Gasteiger charge is 2.31. The van der Waals surface area contributed by atoms with Crippen LogP contribution in [0.25, 0.3) is 11.3 Å². The van der Waals surface area contributed by atoms with Crippen molar-refractivity contribution in [3.8, 4) is 17.3 Å². The molecule has 0 bridgehead atoms. The van der Waals surface area contributed by atoms with E-state index in [1.807, 2.05) is 6.07 Å². The lowest BCUT2D eigenvalue weighted by molar-refractivity contribution is -0.128. The largest absolute Gasteiger partial charge is 0.369 e. The van der Waals surface area contributed by atoms with E-state index in [1.165, 1.54) is 18.2 Å².